The minimum atomic E-state index is -0.00495. The van der Waals surface area contributed by atoms with E-state index in [0.29, 0.717) is 25.2 Å². The average Bonchev–Trinajstić information content (AvgIpc) is 3.06. The van der Waals surface area contributed by atoms with E-state index in [9.17, 15) is 10.1 Å². The lowest BCUT2D eigenvalue weighted by Gasteiger charge is -2.40. The van der Waals surface area contributed by atoms with Crippen LogP contribution in [0.5, 0.6) is 0 Å². The van der Waals surface area contributed by atoms with Crippen molar-refractivity contribution in [2.24, 2.45) is 13.0 Å². The Morgan fingerprint density at radius 2 is 2.32 bits per heavy atom. The highest BCUT2D eigenvalue weighted by atomic mass is 16.2. The van der Waals surface area contributed by atoms with E-state index in [1.807, 2.05) is 43.4 Å². The van der Waals surface area contributed by atoms with Crippen LogP contribution in [0.15, 0.2) is 30.7 Å². The lowest BCUT2D eigenvalue weighted by Crippen LogP contribution is -2.44. The largest absolute Gasteiger partial charge is 0.382 e. The molecule has 0 saturated carbocycles. The molecule has 0 unspecified atom stereocenters. The van der Waals surface area contributed by atoms with Crippen LogP contribution in [0.4, 0.5) is 5.69 Å². The van der Waals surface area contributed by atoms with Crippen LogP contribution in [0.2, 0.25) is 0 Å². The topological polar surface area (TPSA) is 86.8 Å². The fourth-order valence-corrected chi connectivity index (χ4v) is 3.53. The molecular formula is C18H22N6O. The molecule has 1 amide bonds. The third kappa shape index (κ3) is 3.48. The summed E-state index contributed by atoms with van der Waals surface area (Å²) in [5.41, 5.74) is 2.17. The van der Waals surface area contributed by atoms with Crippen molar-refractivity contribution in [2.75, 3.05) is 18.4 Å². The van der Waals surface area contributed by atoms with E-state index in [0.717, 1.165) is 17.7 Å². The normalized spacial score (nSPS) is 20.4. The number of anilines is 1. The summed E-state index contributed by atoms with van der Waals surface area (Å²) in [5.74, 6) is 0.431. The summed E-state index contributed by atoms with van der Waals surface area (Å²) in [5, 5.41) is 16.8. The van der Waals surface area contributed by atoms with Crippen LogP contribution in [0.1, 0.15) is 37.1 Å². The quantitative estimate of drug-likeness (QED) is 0.902. The number of nitriles is 1. The number of rotatable bonds is 5. The third-order valence-electron chi connectivity index (χ3n) is 4.71. The van der Waals surface area contributed by atoms with E-state index < -0.39 is 0 Å². The molecule has 0 aromatic carbocycles. The number of amides is 1. The highest BCUT2D eigenvalue weighted by Crippen LogP contribution is 2.36. The Hall–Kier alpha value is -2.88. The molecule has 2 aromatic rings. The van der Waals surface area contributed by atoms with Crippen molar-refractivity contribution >= 4 is 11.6 Å². The molecule has 1 fully saturated rings. The number of likely N-dealkylation sites (tertiary alicyclic amines) is 1. The Kier molecular flexibility index (Phi) is 4.98. The number of aromatic nitrogens is 3. The van der Waals surface area contributed by atoms with Crippen molar-refractivity contribution in [3.8, 4) is 6.07 Å². The third-order valence-corrected chi connectivity index (χ3v) is 4.71. The van der Waals surface area contributed by atoms with Gasteiger partial charge in [0.2, 0.25) is 5.91 Å². The molecule has 3 heterocycles. The minimum absolute atomic E-state index is 0.00495. The second kappa shape index (κ2) is 7.34. The smallest absolute Gasteiger partial charge is 0.223 e. The molecule has 1 aliphatic rings. The summed E-state index contributed by atoms with van der Waals surface area (Å²) in [4.78, 5) is 18.4. The summed E-state index contributed by atoms with van der Waals surface area (Å²) in [6.45, 7) is 3.35. The molecular weight excluding hydrogens is 316 g/mol. The fraction of sp³-hybridized carbons (Fsp3) is 0.444. The van der Waals surface area contributed by atoms with Crippen LogP contribution in [0.3, 0.4) is 0 Å². The second-order valence-electron chi connectivity index (χ2n) is 6.26. The van der Waals surface area contributed by atoms with Crippen molar-refractivity contribution in [1.82, 2.24) is 19.7 Å². The van der Waals surface area contributed by atoms with Gasteiger partial charge in [0.25, 0.3) is 0 Å². The number of pyridine rings is 1. The van der Waals surface area contributed by atoms with Gasteiger partial charge in [-0.15, -0.1) is 0 Å². The molecule has 0 bridgehead atoms. The maximum Gasteiger partial charge on any atom is 0.223 e. The SMILES string of the molecule is CCN1C(=O)CC[C@H](CNc2cccnc2C#N)[C@H]1c1cnn(C)c1. The molecule has 1 N–H and O–H groups in total. The van der Waals surface area contributed by atoms with Crippen LogP contribution in [0, 0.1) is 17.2 Å². The van der Waals surface area contributed by atoms with E-state index in [1.165, 1.54) is 0 Å². The number of piperidine rings is 1. The Labute approximate surface area is 147 Å². The van der Waals surface area contributed by atoms with Crippen molar-refractivity contribution in [2.45, 2.75) is 25.8 Å². The first kappa shape index (κ1) is 17.0. The van der Waals surface area contributed by atoms with Gasteiger partial charge in [-0.05, 0) is 25.5 Å². The lowest BCUT2D eigenvalue weighted by molar-refractivity contribution is -0.138. The van der Waals surface area contributed by atoms with Gasteiger partial charge in [0.15, 0.2) is 5.69 Å². The van der Waals surface area contributed by atoms with Crippen molar-refractivity contribution in [1.29, 1.82) is 5.26 Å². The number of nitrogens with one attached hydrogen (secondary N) is 1. The van der Waals surface area contributed by atoms with E-state index in [-0.39, 0.29) is 17.9 Å². The van der Waals surface area contributed by atoms with E-state index in [2.05, 4.69) is 21.5 Å². The Morgan fingerprint density at radius 3 is 3.00 bits per heavy atom. The molecule has 0 aliphatic carbocycles. The molecule has 0 radical (unpaired) electrons. The first-order valence-electron chi connectivity index (χ1n) is 8.51. The summed E-state index contributed by atoms with van der Waals surface area (Å²) in [6, 6.07) is 5.77. The number of aryl methyl sites for hydroxylation is 1. The molecule has 2 atom stereocenters. The predicted molar refractivity (Wildman–Crippen MR) is 93.5 cm³/mol. The molecule has 1 aliphatic heterocycles. The summed E-state index contributed by atoms with van der Waals surface area (Å²) in [7, 11) is 1.88. The van der Waals surface area contributed by atoms with E-state index in [1.54, 1.807) is 10.9 Å². The van der Waals surface area contributed by atoms with Gasteiger partial charge in [0, 0.05) is 50.4 Å². The maximum absolute atomic E-state index is 12.4. The van der Waals surface area contributed by atoms with Crippen LogP contribution in [0.25, 0.3) is 0 Å². The molecule has 2 aromatic heterocycles. The first-order valence-corrected chi connectivity index (χ1v) is 8.51. The zero-order valence-corrected chi connectivity index (χ0v) is 14.5. The maximum atomic E-state index is 12.4. The van der Waals surface area contributed by atoms with Gasteiger partial charge in [0.1, 0.15) is 6.07 Å². The summed E-state index contributed by atoms with van der Waals surface area (Å²) >= 11 is 0. The monoisotopic (exact) mass is 338 g/mol. The van der Waals surface area contributed by atoms with Gasteiger partial charge >= 0.3 is 0 Å². The Morgan fingerprint density at radius 1 is 1.48 bits per heavy atom. The number of hydrogen-bond donors (Lipinski definition) is 1. The Bertz CT molecular complexity index is 793. The zero-order valence-electron chi connectivity index (χ0n) is 14.5. The van der Waals surface area contributed by atoms with Gasteiger partial charge in [-0.2, -0.15) is 10.4 Å². The lowest BCUT2D eigenvalue weighted by atomic mass is 9.85. The molecule has 7 nitrogen and oxygen atoms in total. The highest BCUT2D eigenvalue weighted by Gasteiger charge is 2.36. The van der Waals surface area contributed by atoms with Gasteiger partial charge in [0.05, 0.1) is 17.9 Å². The Balaban J connectivity index is 1.82. The van der Waals surface area contributed by atoms with Crippen molar-refractivity contribution in [3.63, 3.8) is 0 Å². The molecule has 1 saturated heterocycles. The molecule has 0 spiro atoms. The van der Waals surface area contributed by atoms with Gasteiger partial charge < -0.3 is 10.2 Å². The first-order chi connectivity index (χ1) is 12.1. The van der Waals surface area contributed by atoms with Crippen molar-refractivity contribution < 1.29 is 4.79 Å². The number of hydrogen-bond acceptors (Lipinski definition) is 5. The minimum Gasteiger partial charge on any atom is -0.382 e. The number of carbonyl (C=O) groups excluding carboxylic acids is 1. The van der Waals surface area contributed by atoms with Gasteiger partial charge in [-0.25, -0.2) is 4.98 Å². The second-order valence-corrected chi connectivity index (χ2v) is 6.26. The van der Waals surface area contributed by atoms with Gasteiger partial charge in [-0.3, -0.25) is 9.48 Å². The summed E-state index contributed by atoms with van der Waals surface area (Å²) in [6.07, 6.45) is 6.78. The molecule has 130 valence electrons. The fourth-order valence-electron chi connectivity index (χ4n) is 3.53. The molecule has 25 heavy (non-hydrogen) atoms. The van der Waals surface area contributed by atoms with Crippen molar-refractivity contribution in [3.05, 3.63) is 42.0 Å². The van der Waals surface area contributed by atoms with Gasteiger partial charge in [-0.1, -0.05) is 0 Å². The molecule has 3 rings (SSSR count). The van der Waals surface area contributed by atoms with Crippen LogP contribution in [-0.2, 0) is 11.8 Å². The number of carbonyl (C=O) groups is 1. The van der Waals surface area contributed by atoms with E-state index >= 15 is 0 Å². The average molecular weight is 338 g/mol. The highest BCUT2D eigenvalue weighted by molar-refractivity contribution is 5.77. The van der Waals surface area contributed by atoms with Crippen LogP contribution >= 0.6 is 0 Å². The summed E-state index contributed by atoms with van der Waals surface area (Å²) < 4.78 is 1.77. The van der Waals surface area contributed by atoms with Crippen LogP contribution in [-0.4, -0.2) is 38.7 Å². The van der Waals surface area contributed by atoms with Crippen LogP contribution < -0.4 is 5.32 Å². The number of nitrogens with zero attached hydrogens (tertiary/aromatic N) is 5. The predicted octanol–water partition coefficient (Wildman–Crippen LogP) is 2.10. The molecule has 7 heteroatoms. The zero-order chi connectivity index (χ0) is 17.8. The standard InChI is InChI=1S/C18H22N6O/c1-3-24-17(25)7-6-13(18(24)14-11-22-23(2)12-14)10-21-15-5-4-8-20-16(15)9-19/h4-5,8,11-13,18,21H,3,6-7,10H2,1-2H3/t13-,18+/m1/s1. The van der Waals surface area contributed by atoms with E-state index in [4.69, 9.17) is 0 Å².